The van der Waals surface area contributed by atoms with Gasteiger partial charge in [-0.3, -0.25) is 9.88 Å². The summed E-state index contributed by atoms with van der Waals surface area (Å²) in [6.45, 7) is 14.3. The number of carbonyl (C=O) groups is 1. The van der Waals surface area contributed by atoms with E-state index in [2.05, 4.69) is 63.5 Å². The van der Waals surface area contributed by atoms with Crippen LogP contribution < -0.4 is 5.32 Å². The van der Waals surface area contributed by atoms with Gasteiger partial charge in [0.2, 0.25) is 0 Å². The van der Waals surface area contributed by atoms with Crippen molar-refractivity contribution in [2.75, 3.05) is 11.9 Å². The molecule has 10 heteroatoms. The molecule has 0 bridgehead atoms. The van der Waals surface area contributed by atoms with Gasteiger partial charge in [-0.2, -0.15) is 5.10 Å². The van der Waals surface area contributed by atoms with E-state index >= 15 is 0 Å². The molecule has 0 spiro atoms. The number of halogens is 2. The molecule has 2 aromatic heterocycles. The zero-order valence-electron chi connectivity index (χ0n) is 22.8. The Morgan fingerprint density at radius 1 is 1.16 bits per heavy atom. The highest BCUT2D eigenvalue weighted by Crippen LogP contribution is 2.44. The molecule has 1 aliphatic heterocycles. The summed E-state index contributed by atoms with van der Waals surface area (Å²) in [4.78, 5) is 11.7. The molecule has 1 amide bonds. The molecule has 0 radical (unpaired) electrons. The number of aromatic nitrogens is 3. The molecule has 204 valence electrons. The standard InChI is InChI=1S/C28H36Cl2N4O3Si/c1-17(2)38(18(3)4,19(5)6)12-10-33-16-21(20-14-31-34(15-20)24-9-7-8-11-37-24)25-23(32-28(35)36)13-22(29)26(30)27(25)33/h13-19,24,32H,7-9,11H2,1-6H3,(H,35,36). The maximum Gasteiger partial charge on any atom is 0.409 e. The summed E-state index contributed by atoms with van der Waals surface area (Å²) in [5.74, 6) is 0. The van der Waals surface area contributed by atoms with E-state index < -0.39 is 14.2 Å². The minimum Gasteiger partial charge on any atom is -0.465 e. The minimum absolute atomic E-state index is 0.116. The number of fused-ring (bicyclic) bond motifs is 1. The number of amides is 1. The number of benzene rings is 1. The van der Waals surface area contributed by atoms with Gasteiger partial charge in [0.25, 0.3) is 0 Å². The third kappa shape index (κ3) is 5.22. The Bertz CT molecular complexity index is 1370. The first-order valence-electron chi connectivity index (χ1n) is 13.2. The fraction of sp³-hybridized carbons (Fsp3) is 0.500. The highest BCUT2D eigenvalue weighted by atomic mass is 35.5. The van der Waals surface area contributed by atoms with Gasteiger partial charge in [0.15, 0.2) is 0 Å². The van der Waals surface area contributed by atoms with Crippen molar-refractivity contribution in [1.29, 1.82) is 0 Å². The van der Waals surface area contributed by atoms with Crippen LogP contribution in [0.15, 0.2) is 24.7 Å². The Morgan fingerprint density at radius 3 is 2.42 bits per heavy atom. The third-order valence-electron chi connectivity index (χ3n) is 7.83. The summed E-state index contributed by atoms with van der Waals surface area (Å²) in [7, 11) is -2.06. The van der Waals surface area contributed by atoms with Crippen LogP contribution >= 0.6 is 23.2 Å². The van der Waals surface area contributed by atoms with Crippen LogP contribution in [0.4, 0.5) is 10.5 Å². The number of ether oxygens (including phenoxy) is 1. The highest BCUT2D eigenvalue weighted by molar-refractivity contribution is 6.90. The van der Waals surface area contributed by atoms with Crippen LogP contribution in [0.3, 0.4) is 0 Å². The van der Waals surface area contributed by atoms with Gasteiger partial charge in [-0.1, -0.05) is 64.7 Å². The van der Waals surface area contributed by atoms with Gasteiger partial charge in [0.05, 0.1) is 27.4 Å². The molecule has 0 aliphatic carbocycles. The predicted octanol–water partition coefficient (Wildman–Crippen LogP) is 8.63. The number of rotatable bonds is 6. The molecule has 2 N–H and O–H groups in total. The minimum atomic E-state index is -2.06. The van der Waals surface area contributed by atoms with E-state index in [0.717, 1.165) is 30.4 Å². The molecule has 1 fully saturated rings. The Kier molecular flexibility index (Phi) is 8.53. The molecule has 1 aromatic carbocycles. The molecule has 1 atom stereocenters. The first kappa shape index (κ1) is 28.6. The fourth-order valence-corrected chi connectivity index (χ4v) is 11.7. The monoisotopic (exact) mass is 574 g/mol. The van der Waals surface area contributed by atoms with E-state index in [4.69, 9.17) is 27.9 Å². The number of nitrogens with zero attached hydrogens (tertiary/aromatic N) is 3. The topological polar surface area (TPSA) is 81.3 Å². The molecule has 3 aromatic rings. The van der Waals surface area contributed by atoms with Gasteiger partial charge in [-0.25, -0.2) is 9.48 Å². The zero-order valence-corrected chi connectivity index (χ0v) is 25.3. The lowest BCUT2D eigenvalue weighted by Crippen LogP contribution is -2.43. The van der Waals surface area contributed by atoms with Crippen LogP contribution in [-0.4, -0.2) is 40.2 Å². The van der Waals surface area contributed by atoms with Crippen molar-refractivity contribution in [2.24, 2.45) is 0 Å². The van der Waals surface area contributed by atoms with Crippen molar-refractivity contribution in [2.45, 2.75) is 83.7 Å². The Hall–Kier alpha value is -2.44. The van der Waals surface area contributed by atoms with E-state index in [1.807, 2.05) is 21.6 Å². The molecule has 1 aliphatic rings. The molecular formula is C28H36Cl2N4O3Si. The second-order valence-electron chi connectivity index (χ2n) is 11.0. The number of hydrogen-bond donors (Lipinski definition) is 2. The summed E-state index contributed by atoms with van der Waals surface area (Å²) in [5, 5.41) is 17.9. The van der Waals surface area contributed by atoms with Crippen molar-refractivity contribution in [3.63, 3.8) is 0 Å². The number of hydrogen-bond acceptors (Lipinski definition) is 3. The van der Waals surface area contributed by atoms with Crippen molar-refractivity contribution >= 4 is 54.0 Å². The van der Waals surface area contributed by atoms with Gasteiger partial charge in [-0.05, 0) is 42.0 Å². The quantitative estimate of drug-likeness (QED) is 0.228. The zero-order chi connectivity index (χ0) is 27.8. The van der Waals surface area contributed by atoms with E-state index in [9.17, 15) is 9.90 Å². The van der Waals surface area contributed by atoms with E-state index in [1.54, 1.807) is 12.3 Å². The maximum absolute atomic E-state index is 11.7. The molecule has 7 nitrogen and oxygen atoms in total. The summed E-state index contributed by atoms with van der Waals surface area (Å²) in [5.41, 5.74) is 7.60. The van der Waals surface area contributed by atoms with Gasteiger partial charge < -0.3 is 9.84 Å². The van der Waals surface area contributed by atoms with Gasteiger partial charge in [0, 0.05) is 41.6 Å². The third-order valence-corrected chi connectivity index (χ3v) is 14.9. The summed E-state index contributed by atoms with van der Waals surface area (Å²) >= 11 is 13.3. The average molecular weight is 576 g/mol. The van der Waals surface area contributed by atoms with Crippen molar-refractivity contribution in [3.05, 3.63) is 34.7 Å². The molecule has 3 heterocycles. The lowest BCUT2D eigenvalue weighted by molar-refractivity contribution is -0.0394. The smallest absolute Gasteiger partial charge is 0.409 e. The molecule has 1 saturated heterocycles. The fourth-order valence-electron chi connectivity index (χ4n) is 6.05. The van der Waals surface area contributed by atoms with Crippen molar-refractivity contribution in [1.82, 2.24) is 14.3 Å². The largest absolute Gasteiger partial charge is 0.465 e. The van der Waals surface area contributed by atoms with Gasteiger partial charge >= 0.3 is 6.09 Å². The van der Waals surface area contributed by atoms with E-state index in [0.29, 0.717) is 44.8 Å². The number of anilines is 1. The highest BCUT2D eigenvalue weighted by Gasteiger charge is 2.42. The summed E-state index contributed by atoms with van der Waals surface area (Å²) < 4.78 is 9.56. The second-order valence-corrected chi connectivity index (χ2v) is 17.3. The second kappa shape index (κ2) is 11.3. The van der Waals surface area contributed by atoms with E-state index in [-0.39, 0.29) is 11.3 Å². The van der Waals surface area contributed by atoms with E-state index in [1.165, 1.54) is 0 Å². The molecule has 0 saturated carbocycles. The van der Waals surface area contributed by atoms with Crippen LogP contribution in [-0.2, 0) is 4.74 Å². The molecule has 1 unspecified atom stereocenters. The number of carboxylic acid groups (broad SMARTS) is 1. The van der Waals surface area contributed by atoms with Crippen LogP contribution in [0.5, 0.6) is 0 Å². The Labute approximate surface area is 235 Å². The van der Waals surface area contributed by atoms with Crippen LogP contribution in [0.1, 0.15) is 67.0 Å². The SMILES string of the molecule is CC(C)[Si](C#Cn1cc(-c2cnn(C3CCCCO3)c2)c2c(NC(=O)O)cc(Cl)c(Cl)c21)(C(C)C)C(C)C. The molecule has 38 heavy (non-hydrogen) atoms. The lowest BCUT2D eigenvalue weighted by atomic mass is 10.1. The molecular weight excluding hydrogens is 539 g/mol. The normalized spacial score (nSPS) is 16.3. The van der Waals surface area contributed by atoms with Crippen LogP contribution in [0.25, 0.3) is 22.0 Å². The van der Waals surface area contributed by atoms with Gasteiger partial charge in [0.1, 0.15) is 14.3 Å². The molecule has 4 rings (SSSR count). The first-order chi connectivity index (χ1) is 18.0. The van der Waals surface area contributed by atoms with Crippen LogP contribution in [0.2, 0.25) is 26.7 Å². The lowest BCUT2D eigenvalue weighted by Gasteiger charge is -2.37. The average Bonchev–Trinajstić information content (AvgIpc) is 3.48. The van der Waals surface area contributed by atoms with Crippen molar-refractivity contribution < 1.29 is 14.6 Å². The predicted molar refractivity (Wildman–Crippen MR) is 158 cm³/mol. The summed E-state index contributed by atoms with van der Waals surface area (Å²) in [6.07, 6.45) is 7.35. The van der Waals surface area contributed by atoms with Gasteiger partial charge in [-0.15, -0.1) is 5.54 Å². The first-order valence-corrected chi connectivity index (χ1v) is 16.2. The summed E-state index contributed by atoms with van der Waals surface area (Å²) in [6, 6.07) is 4.99. The Morgan fingerprint density at radius 2 is 1.84 bits per heavy atom. The Balaban J connectivity index is 1.97. The maximum atomic E-state index is 11.7. The van der Waals surface area contributed by atoms with Crippen molar-refractivity contribution in [3.8, 4) is 22.7 Å². The van der Waals surface area contributed by atoms with Crippen LogP contribution in [0, 0.1) is 11.6 Å². The number of nitrogens with one attached hydrogen (secondary N) is 1.